The minimum Gasteiger partial charge on any atom is -0.452 e. The van der Waals surface area contributed by atoms with Crippen molar-refractivity contribution < 1.29 is 65.4 Å². The van der Waals surface area contributed by atoms with Gasteiger partial charge in [0.1, 0.15) is 11.6 Å². The van der Waals surface area contributed by atoms with Crippen molar-refractivity contribution in [1.29, 1.82) is 0 Å². The molecule has 0 unspecified atom stereocenters. The predicted octanol–water partition coefficient (Wildman–Crippen LogP) is 3.75. The molecule has 0 atom stereocenters. The zero-order valence-electron chi connectivity index (χ0n) is 23.4. The molecule has 6 aromatic rings. The van der Waals surface area contributed by atoms with Crippen LogP contribution in [0.2, 0.25) is 0 Å². The summed E-state index contributed by atoms with van der Waals surface area (Å²) in [6.45, 7) is 11.7. The van der Waals surface area contributed by atoms with Gasteiger partial charge in [-0.25, -0.2) is 9.97 Å². The number of hydrogen-bond acceptors (Lipinski definition) is 7. The first-order valence-corrected chi connectivity index (χ1v) is 11.5. The van der Waals surface area contributed by atoms with Gasteiger partial charge < -0.3 is 14.1 Å². The smallest absolute Gasteiger partial charge is 0.161 e. The summed E-state index contributed by atoms with van der Waals surface area (Å²) in [4.78, 5) is 25.6. The van der Waals surface area contributed by atoms with E-state index in [1.165, 1.54) is 0 Å². The van der Waals surface area contributed by atoms with Crippen LogP contribution < -0.4 is 0 Å². The first-order chi connectivity index (χ1) is 17.0. The Bertz CT molecular complexity index is 1500. The molecule has 0 spiro atoms. The summed E-state index contributed by atoms with van der Waals surface area (Å²) in [5, 5.41) is 6.23. The Hall–Kier alpha value is -2.00. The van der Waals surface area contributed by atoms with Gasteiger partial charge in [-0.05, 0) is 78.2 Å². The molecule has 6 rings (SSSR count). The van der Waals surface area contributed by atoms with Gasteiger partial charge >= 0.3 is 0 Å². The second-order valence-corrected chi connectivity index (χ2v) is 8.78. The van der Waals surface area contributed by atoms with E-state index in [4.69, 9.17) is 0 Å². The monoisotopic (exact) mass is 660 g/mol. The molecule has 0 bridgehead atoms. The third-order valence-corrected chi connectivity index (χ3v) is 5.79. The molecule has 192 valence electrons. The van der Waals surface area contributed by atoms with Crippen LogP contribution in [0.4, 0.5) is 0 Å². The molecule has 0 amide bonds. The van der Waals surface area contributed by atoms with E-state index in [9.17, 15) is 0 Å². The molecule has 6 aromatic heterocycles. The maximum absolute atomic E-state index is 4.32. The van der Waals surface area contributed by atoms with Crippen LogP contribution in [0.15, 0.2) is 18.3 Å². The van der Waals surface area contributed by atoms with Crippen molar-refractivity contribution in [3.63, 3.8) is 0 Å². The fraction of sp³-hybridized carbons (Fsp3) is 0.346. The van der Waals surface area contributed by atoms with Crippen LogP contribution in [-0.4, -0.2) is 48.8 Å². The van der Waals surface area contributed by atoms with Gasteiger partial charge in [-0.3, -0.25) is 19.6 Å². The Morgan fingerprint density at radius 3 is 1.95 bits per heavy atom. The molecule has 0 fully saturated rings. The van der Waals surface area contributed by atoms with Crippen molar-refractivity contribution in [3.05, 3.63) is 65.3 Å². The van der Waals surface area contributed by atoms with Crippen LogP contribution in [0.1, 0.15) is 34.4 Å². The quantitative estimate of drug-likeness (QED) is 0.229. The summed E-state index contributed by atoms with van der Waals surface area (Å²) in [5.41, 5.74) is 7.92. The van der Waals surface area contributed by atoms with Gasteiger partial charge in [0, 0.05) is 84.5 Å². The van der Waals surface area contributed by atoms with Crippen LogP contribution in [0.3, 0.4) is 0 Å². The molecular formula is C26H30N10Y2-2. The number of aryl methyl sites for hydroxylation is 9. The van der Waals surface area contributed by atoms with Crippen molar-refractivity contribution in [2.24, 2.45) is 21.1 Å². The number of aromatic nitrogens is 10. The first-order valence-electron chi connectivity index (χ1n) is 11.5. The van der Waals surface area contributed by atoms with E-state index in [2.05, 4.69) is 47.5 Å². The van der Waals surface area contributed by atoms with E-state index < -0.39 is 0 Å². The van der Waals surface area contributed by atoms with Gasteiger partial charge in [-0.1, -0.05) is 11.6 Å². The minimum absolute atomic E-state index is 0. The SMILES string of the molecule is Cc1cc2c(n[c-]n2C)c(C)n1.Cc1nc(C)c2c[c-]n(C)c2n1.Cc1nc(C)c2cnn(C)c2n1.[Y].[Y]. The molecule has 6 heterocycles. The topological polar surface area (TPSA) is 105 Å². The average molecular weight is 660 g/mol. The molecular weight excluding hydrogens is 630 g/mol. The molecule has 2 radical (unpaired) electrons. The number of hydrogen-bond donors (Lipinski definition) is 0. The molecule has 10 nitrogen and oxygen atoms in total. The maximum Gasteiger partial charge on any atom is 0.161 e. The summed E-state index contributed by atoms with van der Waals surface area (Å²) in [7, 11) is 5.76. The van der Waals surface area contributed by atoms with Crippen LogP contribution in [0.5, 0.6) is 0 Å². The van der Waals surface area contributed by atoms with Crippen molar-refractivity contribution in [1.82, 2.24) is 48.8 Å². The van der Waals surface area contributed by atoms with Crippen molar-refractivity contribution in [3.8, 4) is 0 Å². The Balaban J connectivity index is 0.000000195. The Labute approximate surface area is 272 Å². The van der Waals surface area contributed by atoms with Gasteiger partial charge in [-0.15, -0.1) is 11.6 Å². The number of imidazole rings is 1. The van der Waals surface area contributed by atoms with Crippen molar-refractivity contribution in [2.45, 2.75) is 41.5 Å². The van der Waals surface area contributed by atoms with Crippen LogP contribution in [0, 0.1) is 54.1 Å². The zero-order chi connectivity index (χ0) is 26.1. The van der Waals surface area contributed by atoms with E-state index >= 15 is 0 Å². The number of pyridine rings is 1. The Kier molecular flexibility index (Phi) is 11.3. The second-order valence-electron chi connectivity index (χ2n) is 8.78. The summed E-state index contributed by atoms with van der Waals surface area (Å²) in [5.74, 6) is 1.61. The molecule has 38 heavy (non-hydrogen) atoms. The van der Waals surface area contributed by atoms with Crippen LogP contribution in [0.25, 0.3) is 33.1 Å². The summed E-state index contributed by atoms with van der Waals surface area (Å²) in [6, 6.07) is 3.94. The molecule has 0 aliphatic heterocycles. The standard InChI is InChI=1S/2C9H10N3.C8H10N4.2Y/c1-6-4-8-9(7(2)11-6)10-5-12(8)3;1-6-8-4-5-12(3)9(8)11-7(2)10-6;1-5-7-4-9-12(3)8(7)11-6(2)10-5;;/h3*4H,1-3H3;;/q2*-1;;;. The zero-order valence-corrected chi connectivity index (χ0v) is 29.0. The molecule has 0 N–H and O–H groups in total. The van der Waals surface area contributed by atoms with E-state index in [-0.39, 0.29) is 65.4 Å². The average Bonchev–Trinajstić information content (AvgIpc) is 3.48. The van der Waals surface area contributed by atoms with Gasteiger partial charge in [0.2, 0.25) is 0 Å². The number of fused-ring (bicyclic) bond motifs is 3. The third kappa shape index (κ3) is 6.95. The molecule has 0 aromatic carbocycles. The summed E-state index contributed by atoms with van der Waals surface area (Å²) >= 11 is 0. The maximum atomic E-state index is 4.32. The summed E-state index contributed by atoms with van der Waals surface area (Å²) < 4.78 is 5.53. The minimum atomic E-state index is 0. The summed E-state index contributed by atoms with van der Waals surface area (Å²) in [6.07, 6.45) is 7.73. The molecule has 12 heteroatoms. The molecule has 0 saturated carbocycles. The Morgan fingerprint density at radius 1 is 0.684 bits per heavy atom. The third-order valence-electron chi connectivity index (χ3n) is 5.79. The van der Waals surface area contributed by atoms with Crippen LogP contribution >= 0.6 is 0 Å². The van der Waals surface area contributed by atoms with E-state index in [0.717, 1.165) is 67.5 Å². The second kappa shape index (κ2) is 13.4. The predicted molar refractivity (Wildman–Crippen MR) is 139 cm³/mol. The van der Waals surface area contributed by atoms with Gasteiger partial charge in [0.05, 0.1) is 17.3 Å². The van der Waals surface area contributed by atoms with Gasteiger partial charge in [0.25, 0.3) is 0 Å². The van der Waals surface area contributed by atoms with Crippen molar-refractivity contribution >= 4 is 33.1 Å². The van der Waals surface area contributed by atoms with Crippen LogP contribution in [-0.2, 0) is 86.6 Å². The fourth-order valence-electron chi connectivity index (χ4n) is 4.02. The first kappa shape index (κ1) is 32.2. The van der Waals surface area contributed by atoms with E-state index in [1.807, 2.05) is 84.0 Å². The molecule has 0 saturated heterocycles. The van der Waals surface area contributed by atoms with Gasteiger partial charge in [-0.2, -0.15) is 11.2 Å². The fourth-order valence-corrected chi connectivity index (χ4v) is 4.02. The van der Waals surface area contributed by atoms with Crippen molar-refractivity contribution in [2.75, 3.05) is 0 Å². The molecule has 0 aliphatic carbocycles. The van der Waals surface area contributed by atoms with Gasteiger partial charge in [0.15, 0.2) is 5.65 Å². The number of rotatable bonds is 0. The van der Waals surface area contributed by atoms with E-state index in [1.54, 1.807) is 10.9 Å². The number of nitrogens with zero attached hydrogens (tertiary/aromatic N) is 10. The normalized spacial score (nSPS) is 10.3. The molecule has 0 aliphatic rings. The largest absolute Gasteiger partial charge is 0.452 e. The van der Waals surface area contributed by atoms with E-state index in [0.29, 0.717) is 0 Å². The Morgan fingerprint density at radius 2 is 1.29 bits per heavy atom.